The molecule has 1 saturated heterocycles. The van der Waals surface area contributed by atoms with Gasteiger partial charge in [-0.25, -0.2) is 0 Å². The SMILES string of the molecule is COc1ccc(C(=O)N2CCN([C@@H](C#N)C(C)C)CC2)cc1OC(F)F. The highest BCUT2D eigenvalue weighted by Gasteiger charge is 2.28. The zero-order valence-corrected chi connectivity index (χ0v) is 15.1. The fourth-order valence-corrected chi connectivity index (χ4v) is 3.04. The van der Waals surface area contributed by atoms with E-state index in [9.17, 15) is 18.8 Å². The minimum atomic E-state index is -3.00. The molecule has 26 heavy (non-hydrogen) atoms. The lowest BCUT2D eigenvalue weighted by Crippen LogP contribution is -2.52. The summed E-state index contributed by atoms with van der Waals surface area (Å²) < 4.78 is 34.5. The van der Waals surface area contributed by atoms with Crippen LogP contribution in [0.15, 0.2) is 18.2 Å². The Morgan fingerprint density at radius 2 is 1.85 bits per heavy atom. The predicted octanol–water partition coefficient (Wildman–Crippen LogP) is 2.60. The highest BCUT2D eigenvalue weighted by Crippen LogP contribution is 2.30. The van der Waals surface area contributed by atoms with Gasteiger partial charge in [-0.2, -0.15) is 14.0 Å². The topological polar surface area (TPSA) is 65.8 Å². The molecule has 1 atom stereocenters. The molecule has 0 bridgehead atoms. The van der Waals surface area contributed by atoms with Crippen molar-refractivity contribution in [3.8, 4) is 17.6 Å². The fraction of sp³-hybridized carbons (Fsp3) is 0.556. The van der Waals surface area contributed by atoms with Gasteiger partial charge in [-0.15, -0.1) is 0 Å². The highest BCUT2D eigenvalue weighted by molar-refractivity contribution is 5.95. The number of methoxy groups -OCH3 is 1. The van der Waals surface area contributed by atoms with Gasteiger partial charge in [0.1, 0.15) is 6.04 Å². The maximum absolute atomic E-state index is 12.7. The molecule has 0 unspecified atom stereocenters. The number of ether oxygens (including phenoxy) is 2. The molecule has 1 aromatic carbocycles. The van der Waals surface area contributed by atoms with E-state index in [0.29, 0.717) is 26.2 Å². The zero-order chi connectivity index (χ0) is 19.3. The van der Waals surface area contributed by atoms with Gasteiger partial charge in [0.2, 0.25) is 0 Å². The minimum absolute atomic E-state index is 0.139. The Labute approximate surface area is 151 Å². The van der Waals surface area contributed by atoms with Crippen molar-refractivity contribution in [2.24, 2.45) is 5.92 Å². The number of carbonyl (C=O) groups excluding carboxylic acids is 1. The molecule has 0 aromatic heterocycles. The van der Waals surface area contributed by atoms with Gasteiger partial charge in [0.05, 0.1) is 13.2 Å². The fourth-order valence-electron chi connectivity index (χ4n) is 3.04. The molecule has 1 aliphatic heterocycles. The summed E-state index contributed by atoms with van der Waals surface area (Å²) in [6, 6.07) is 6.36. The molecule has 1 aliphatic rings. The first-order chi connectivity index (χ1) is 12.4. The number of carbonyl (C=O) groups is 1. The number of hydrogen-bond donors (Lipinski definition) is 0. The zero-order valence-electron chi connectivity index (χ0n) is 15.1. The summed E-state index contributed by atoms with van der Waals surface area (Å²) in [5, 5.41) is 9.29. The molecular weight excluding hydrogens is 344 g/mol. The first kappa shape index (κ1) is 19.9. The predicted molar refractivity (Wildman–Crippen MR) is 91.3 cm³/mol. The normalized spacial score (nSPS) is 16.5. The Morgan fingerprint density at radius 1 is 1.19 bits per heavy atom. The van der Waals surface area contributed by atoms with Gasteiger partial charge in [0.15, 0.2) is 11.5 Å². The molecule has 1 aromatic rings. The average molecular weight is 367 g/mol. The van der Waals surface area contributed by atoms with Crippen LogP contribution in [0.2, 0.25) is 0 Å². The molecule has 0 N–H and O–H groups in total. The summed E-state index contributed by atoms with van der Waals surface area (Å²) in [5.41, 5.74) is 0.260. The van der Waals surface area contributed by atoms with Crippen molar-refractivity contribution < 1.29 is 23.0 Å². The minimum Gasteiger partial charge on any atom is -0.493 e. The smallest absolute Gasteiger partial charge is 0.387 e. The number of halogens is 2. The molecule has 142 valence electrons. The Balaban J connectivity index is 2.07. The summed E-state index contributed by atoms with van der Waals surface area (Å²) in [4.78, 5) is 16.4. The molecule has 2 rings (SSSR count). The average Bonchev–Trinajstić information content (AvgIpc) is 2.61. The number of benzene rings is 1. The Bertz CT molecular complexity index is 668. The van der Waals surface area contributed by atoms with Crippen LogP contribution in [-0.4, -0.2) is 61.6 Å². The number of amides is 1. The van der Waals surface area contributed by atoms with Crippen LogP contribution in [-0.2, 0) is 0 Å². The van der Waals surface area contributed by atoms with Gasteiger partial charge >= 0.3 is 6.61 Å². The summed E-state index contributed by atoms with van der Waals surface area (Å²) in [7, 11) is 1.34. The largest absolute Gasteiger partial charge is 0.493 e. The van der Waals surface area contributed by atoms with Crippen LogP contribution >= 0.6 is 0 Å². The van der Waals surface area contributed by atoms with Crippen LogP contribution in [0.5, 0.6) is 11.5 Å². The van der Waals surface area contributed by atoms with Crippen molar-refractivity contribution in [3.63, 3.8) is 0 Å². The lowest BCUT2D eigenvalue weighted by Gasteiger charge is -2.38. The van der Waals surface area contributed by atoms with Crippen LogP contribution in [0.4, 0.5) is 8.78 Å². The second kappa shape index (κ2) is 8.81. The van der Waals surface area contributed by atoms with Gasteiger partial charge in [0, 0.05) is 31.7 Å². The monoisotopic (exact) mass is 367 g/mol. The van der Waals surface area contributed by atoms with E-state index in [4.69, 9.17) is 4.74 Å². The molecule has 1 amide bonds. The van der Waals surface area contributed by atoms with E-state index in [1.807, 2.05) is 13.8 Å². The quantitative estimate of drug-likeness (QED) is 0.773. The van der Waals surface area contributed by atoms with Gasteiger partial charge < -0.3 is 14.4 Å². The first-order valence-corrected chi connectivity index (χ1v) is 8.43. The lowest BCUT2D eigenvalue weighted by atomic mass is 10.0. The molecule has 0 radical (unpaired) electrons. The van der Waals surface area contributed by atoms with Crippen molar-refractivity contribution in [2.45, 2.75) is 26.5 Å². The summed E-state index contributed by atoms with van der Waals surface area (Å²) >= 11 is 0. The van der Waals surface area contributed by atoms with Crippen LogP contribution in [0.3, 0.4) is 0 Å². The third kappa shape index (κ3) is 4.61. The number of nitrogens with zero attached hydrogens (tertiary/aromatic N) is 3. The molecule has 0 aliphatic carbocycles. The van der Waals surface area contributed by atoms with E-state index >= 15 is 0 Å². The molecule has 8 heteroatoms. The van der Waals surface area contributed by atoms with E-state index in [-0.39, 0.29) is 34.9 Å². The summed E-state index contributed by atoms with van der Waals surface area (Å²) in [5.74, 6) is -0.0841. The lowest BCUT2D eigenvalue weighted by molar-refractivity contribution is -0.0512. The van der Waals surface area contributed by atoms with Gasteiger partial charge in [-0.05, 0) is 24.1 Å². The molecular formula is C18H23F2N3O3. The van der Waals surface area contributed by atoms with Crippen molar-refractivity contribution in [2.75, 3.05) is 33.3 Å². The number of nitriles is 1. The summed E-state index contributed by atoms with van der Waals surface area (Å²) in [6.45, 7) is 3.12. The Kier molecular flexibility index (Phi) is 6.75. The van der Waals surface area contributed by atoms with Crippen LogP contribution < -0.4 is 9.47 Å². The molecule has 1 fully saturated rings. The first-order valence-electron chi connectivity index (χ1n) is 8.43. The molecule has 1 heterocycles. The van der Waals surface area contributed by atoms with Crippen LogP contribution in [0.1, 0.15) is 24.2 Å². The van der Waals surface area contributed by atoms with E-state index in [1.54, 1.807) is 4.90 Å². The Morgan fingerprint density at radius 3 is 2.35 bits per heavy atom. The van der Waals surface area contributed by atoms with Crippen molar-refractivity contribution in [3.05, 3.63) is 23.8 Å². The van der Waals surface area contributed by atoms with Gasteiger partial charge in [-0.3, -0.25) is 9.69 Å². The maximum atomic E-state index is 12.7. The molecule has 6 nitrogen and oxygen atoms in total. The number of hydrogen-bond acceptors (Lipinski definition) is 5. The van der Waals surface area contributed by atoms with Crippen molar-refractivity contribution in [1.82, 2.24) is 9.80 Å². The summed E-state index contributed by atoms with van der Waals surface area (Å²) in [6.07, 6.45) is 0. The van der Waals surface area contributed by atoms with Crippen molar-refractivity contribution >= 4 is 5.91 Å². The molecule has 0 spiro atoms. The third-order valence-corrected chi connectivity index (χ3v) is 4.39. The maximum Gasteiger partial charge on any atom is 0.387 e. The second-order valence-electron chi connectivity index (χ2n) is 6.39. The van der Waals surface area contributed by atoms with E-state index in [2.05, 4.69) is 15.7 Å². The van der Waals surface area contributed by atoms with Crippen LogP contribution in [0, 0.1) is 17.2 Å². The van der Waals surface area contributed by atoms with E-state index < -0.39 is 6.61 Å². The van der Waals surface area contributed by atoms with Crippen molar-refractivity contribution in [1.29, 1.82) is 5.26 Å². The third-order valence-electron chi connectivity index (χ3n) is 4.39. The Hall–Kier alpha value is -2.40. The number of alkyl halides is 2. The van der Waals surface area contributed by atoms with Gasteiger partial charge in [0.25, 0.3) is 5.91 Å². The standard InChI is InChI=1S/C18H23F2N3O3/c1-12(2)14(11-21)22-6-8-23(9-7-22)17(24)13-4-5-15(25-3)16(10-13)26-18(19)20/h4-5,10,12,14,18H,6-9H2,1-3H3/t14-/m0/s1. The van der Waals surface area contributed by atoms with Gasteiger partial charge in [-0.1, -0.05) is 13.8 Å². The van der Waals surface area contributed by atoms with E-state index in [0.717, 1.165) is 0 Å². The second-order valence-corrected chi connectivity index (χ2v) is 6.39. The highest BCUT2D eigenvalue weighted by atomic mass is 19.3. The molecule has 0 saturated carbocycles. The number of piperazine rings is 1. The van der Waals surface area contributed by atoms with E-state index in [1.165, 1.54) is 25.3 Å². The van der Waals surface area contributed by atoms with Crippen LogP contribution in [0.25, 0.3) is 0 Å². The number of rotatable bonds is 6.